The van der Waals surface area contributed by atoms with Gasteiger partial charge in [0, 0.05) is 12.3 Å². The number of terminal acetylenes is 1. The van der Waals surface area contributed by atoms with E-state index < -0.39 is 39.1 Å². The van der Waals surface area contributed by atoms with Gasteiger partial charge in [-0.15, -0.1) is 6.42 Å². The van der Waals surface area contributed by atoms with Gasteiger partial charge in [0.15, 0.2) is 6.10 Å². The molecule has 0 rings (SSSR count). The second-order valence-electron chi connectivity index (χ2n) is 7.78. The van der Waals surface area contributed by atoms with Gasteiger partial charge >= 0.3 is 71.1 Å². The van der Waals surface area contributed by atoms with Crippen molar-refractivity contribution in [3.63, 3.8) is 0 Å². The second kappa shape index (κ2) is 30.4. The quantitative estimate of drug-likeness (QED) is 0.0427. The molecule has 0 aromatic rings. The van der Waals surface area contributed by atoms with E-state index in [0.29, 0.717) is 6.42 Å². The van der Waals surface area contributed by atoms with Crippen molar-refractivity contribution in [1.29, 1.82) is 0 Å². The summed E-state index contributed by atoms with van der Waals surface area (Å²) in [4.78, 5) is 45.4. The van der Waals surface area contributed by atoms with E-state index in [9.17, 15) is 23.9 Å². The summed E-state index contributed by atoms with van der Waals surface area (Å²) < 4.78 is 24.9. The molecule has 0 aliphatic carbocycles. The maximum atomic E-state index is 12.1. The van der Waals surface area contributed by atoms with Gasteiger partial charge in [-0.1, -0.05) is 64.7 Å². The molecule has 11 heteroatoms. The van der Waals surface area contributed by atoms with Crippen LogP contribution in [0.5, 0.6) is 0 Å². The number of ether oxygens (including phenoxy) is 2. The molecule has 0 heterocycles. The van der Waals surface area contributed by atoms with Crippen molar-refractivity contribution in [2.24, 2.45) is 0 Å². The molecule has 0 aromatic carbocycles. The number of rotatable bonds is 17. The van der Waals surface area contributed by atoms with Crippen LogP contribution in [0.4, 0.5) is 0 Å². The summed E-state index contributed by atoms with van der Waals surface area (Å²) in [6.45, 7) is 0.847. The van der Waals surface area contributed by atoms with Gasteiger partial charge in [0.25, 0.3) is 0 Å². The van der Waals surface area contributed by atoms with Crippen LogP contribution in [0, 0.1) is 71.5 Å². The van der Waals surface area contributed by atoms with E-state index in [1.165, 1.54) is 38.5 Å². The van der Waals surface area contributed by atoms with E-state index in [-0.39, 0.29) is 65.5 Å². The van der Waals surface area contributed by atoms with E-state index in [1.54, 1.807) is 0 Å². The molecule has 0 spiro atoms. The largest absolute Gasteiger partial charge is 1.00 e. The zero-order valence-electron chi connectivity index (χ0n) is 23.6. The van der Waals surface area contributed by atoms with Crippen molar-refractivity contribution in [3.05, 3.63) is 0 Å². The van der Waals surface area contributed by atoms with Gasteiger partial charge in [0.2, 0.25) is 0 Å². The third-order valence-electron chi connectivity index (χ3n) is 4.59. The fraction of sp³-hybridized carbons (Fsp3) is 0.517. The summed E-state index contributed by atoms with van der Waals surface area (Å²) in [6, 6.07) is 0. The number of phosphoric ester groups is 1. The maximum absolute atomic E-state index is 12.1. The number of hydrogen-bond acceptors (Lipinski definition) is 8. The Labute approximate surface area is 283 Å². The fourth-order valence-electron chi connectivity index (χ4n) is 2.83. The van der Waals surface area contributed by atoms with Crippen LogP contribution in [-0.4, -0.2) is 31.3 Å². The van der Waals surface area contributed by atoms with Crippen LogP contribution < -0.4 is 68.9 Å². The Morgan fingerprint density at radius 1 is 0.750 bits per heavy atom. The maximum Gasteiger partial charge on any atom is 1.00 e. The molecular formula is C29H31Na2O8P. The number of hydrogen-bond donors (Lipinski definition) is 0. The van der Waals surface area contributed by atoms with Crippen LogP contribution in [0.25, 0.3) is 0 Å². The molecule has 0 aliphatic rings. The minimum absolute atomic E-state index is 0. The number of esters is 2. The molecule has 8 nitrogen and oxygen atoms in total. The van der Waals surface area contributed by atoms with Crippen molar-refractivity contribution < 1.29 is 97.1 Å². The molecule has 202 valence electrons. The molecule has 0 bridgehead atoms. The first-order valence-corrected chi connectivity index (χ1v) is 13.7. The van der Waals surface area contributed by atoms with Crippen molar-refractivity contribution in [3.8, 4) is 71.5 Å². The molecule has 0 radical (unpaired) electrons. The van der Waals surface area contributed by atoms with E-state index in [4.69, 9.17) is 15.9 Å². The van der Waals surface area contributed by atoms with Crippen LogP contribution in [0.1, 0.15) is 77.6 Å². The summed E-state index contributed by atoms with van der Waals surface area (Å²) in [5.41, 5.74) is 0. The first-order valence-electron chi connectivity index (χ1n) is 12.3. The standard InChI is InChI=1S/C29H33O8P.2Na/c1-3-5-7-9-11-13-15-17-19-21-23-28(30)35-25-27(26-36-38(32,33)34)37-29(31)24-22-20-18-16-14-12-10-8-6-4-2;;/h1,27H,4,6,8,10,12,14,16,18,20,22,24-26H2,2H3,(H2,32,33,34);;/q;2*+1/p-2/t27-;;/m1../s1. The van der Waals surface area contributed by atoms with Crippen LogP contribution in [0.15, 0.2) is 0 Å². The van der Waals surface area contributed by atoms with Crippen LogP contribution in [-0.2, 0) is 28.2 Å². The Balaban J connectivity index is -0.00000684. The van der Waals surface area contributed by atoms with E-state index in [1.807, 2.05) is 0 Å². The summed E-state index contributed by atoms with van der Waals surface area (Å²) in [6.07, 6.45) is 14.7. The smallest absolute Gasteiger partial charge is 0.790 e. The minimum atomic E-state index is -5.31. The molecular weight excluding hydrogens is 553 g/mol. The molecule has 0 N–H and O–H groups in total. The zero-order valence-corrected chi connectivity index (χ0v) is 28.5. The monoisotopic (exact) mass is 584 g/mol. The normalized spacial score (nSPS) is 9.55. The summed E-state index contributed by atoms with van der Waals surface area (Å²) in [5.74, 6) is 23.5. The molecule has 0 aromatic heterocycles. The van der Waals surface area contributed by atoms with Gasteiger partial charge in [-0.3, -0.25) is 4.79 Å². The third kappa shape index (κ3) is 32.6. The Kier molecular flexibility index (Phi) is 32.6. The Hall–Kier alpha value is -1.59. The van der Waals surface area contributed by atoms with Crippen LogP contribution in [0.2, 0.25) is 0 Å². The summed E-state index contributed by atoms with van der Waals surface area (Å²) in [7, 11) is -5.31. The number of carbonyl (C=O) groups is 2. The Morgan fingerprint density at radius 3 is 1.73 bits per heavy atom. The van der Waals surface area contributed by atoms with Crippen molar-refractivity contribution in [1.82, 2.24) is 0 Å². The second-order valence-corrected chi connectivity index (χ2v) is 8.93. The van der Waals surface area contributed by atoms with Gasteiger partial charge < -0.3 is 28.3 Å². The molecule has 40 heavy (non-hydrogen) atoms. The van der Waals surface area contributed by atoms with Crippen molar-refractivity contribution >= 4 is 19.8 Å². The Bertz CT molecular complexity index is 1150. The fourth-order valence-corrected chi connectivity index (χ4v) is 3.18. The Morgan fingerprint density at radius 2 is 1.23 bits per heavy atom. The van der Waals surface area contributed by atoms with Gasteiger partial charge in [0.05, 0.1) is 14.4 Å². The summed E-state index contributed by atoms with van der Waals surface area (Å²) >= 11 is 0. The average Bonchev–Trinajstić information content (AvgIpc) is 2.87. The molecule has 1 atom stereocenters. The molecule has 0 saturated heterocycles. The van der Waals surface area contributed by atoms with Gasteiger partial charge in [-0.2, -0.15) is 0 Å². The predicted octanol–water partition coefficient (Wildman–Crippen LogP) is -3.74. The first kappa shape index (κ1) is 42.9. The number of phosphoric acid groups is 1. The van der Waals surface area contributed by atoms with Crippen LogP contribution in [0.3, 0.4) is 0 Å². The molecule has 0 unspecified atom stereocenters. The molecule has 0 aliphatic heterocycles. The number of carbonyl (C=O) groups excluding carboxylic acids is 2. The average molecular weight is 585 g/mol. The van der Waals surface area contributed by atoms with Crippen molar-refractivity contribution in [2.45, 2.75) is 83.7 Å². The topological polar surface area (TPSA) is 125 Å². The molecule has 0 fully saturated rings. The van der Waals surface area contributed by atoms with Gasteiger partial charge in [-0.25, -0.2) is 4.79 Å². The van der Waals surface area contributed by atoms with Crippen molar-refractivity contribution in [2.75, 3.05) is 13.2 Å². The van der Waals surface area contributed by atoms with Gasteiger partial charge in [0.1, 0.15) is 6.61 Å². The van der Waals surface area contributed by atoms with E-state index in [0.717, 1.165) is 19.3 Å². The molecule has 0 amide bonds. The van der Waals surface area contributed by atoms with Crippen LogP contribution >= 0.6 is 7.82 Å². The molecule has 0 saturated carbocycles. The van der Waals surface area contributed by atoms with Gasteiger partial charge in [-0.05, 0) is 65.6 Å². The number of unbranched alkanes of at least 4 members (excludes halogenated alkanes) is 9. The third-order valence-corrected chi connectivity index (χ3v) is 5.05. The SMILES string of the molecule is C#CC#CC#CC#CC#CC#CC(=O)OC[C@H](COP(=O)([O-])[O-])OC(=O)CCCCCCCCCCCC.[Na+].[Na+]. The van der Waals surface area contributed by atoms with E-state index in [2.05, 4.69) is 76.6 Å². The zero-order chi connectivity index (χ0) is 28.3. The van der Waals surface area contributed by atoms with E-state index >= 15 is 0 Å². The summed E-state index contributed by atoms with van der Waals surface area (Å²) in [5, 5.41) is 0. The first-order chi connectivity index (χ1) is 18.3. The predicted molar refractivity (Wildman–Crippen MR) is 139 cm³/mol. The minimum Gasteiger partial charge on any atom is -0.790 e.